The van der Waals surface area contributed by atoms with E-state index in [9.17, 15) is 4.79 Å². The van der Waals surface area contributed by atoms with Crippen LogP contribution in [0.4, 0.5) is 0 Å². The average Bonchev–Trinajstić information content (AvgIpc) is 2.36. The molecule has 0 heterocycles. The Balaban J connectivity index is 2.25. The fourth-order valence-electron chi connectivity index (χ4n) is 1.21. The summed E-state index contributed by atoms with van der Waals surface area (Å²) in [7, 11) is 0. The Morgan fingerprint density at radius 1 is 1.24 bits per heavy atom. The van der Waals surface area contributed by atoms with E-state index in [2.05, 4.69) is 5.32 Å². The number of alkyl halides is 1. The number of amides is 1. The predicted molar refractivity (Wildman–Crippen MR) is 66.8 cm³/mol. The van der Waals surface area contributed by atoms with Crippen molar-refractivity contribution in [1.29, 1.82) is 0 Å². The summed E-state index contributed by atoms with van der Waals surface area (Å²) in [4.78, 5) is 10.8. The Morgan fingerprint density at radius 3 is 2.35 bits per heavy atom. The molecule has 4 nitrogen and oxygen atoms in total. The van der Waals surface area contributed by atoms with Crippen LogP contribution in [0.1, 0.15) is 6.92 Å². The second-order valence-electron chi connectivity index (χ2n) is 3.24. The van der Waals surface area contributed by atoms with Gasteiger partial charge >= 0.3 is 0 Å². The maximum atomic E-state index is 10.8. The normalized spacial score (nSPS) is 9.76. The molecule has 1 N–H and O–H groups in total. The van der Waals surface area contributed by atoms with Crippen LogP contribution in [0, 0.1) is 0 Å². The van der Waals surface area contributed by atoms with Crippen molar-refractivity contribution in [2.45, 2.75) is 6.92 Å². The molecule has 0 atom stereocenters. The van der Waals surface area contributed by atoms with Crippen molar-refractivity contribution in [3.8, 4) is 11.5 Å². The summed E-state index contributed by atoms with van der Waals surface area (Å²) in [6.07, 6.45) is 0. The maximum Gasteiger partial charge on any atom is 0.235 e. The second kappa shape index (κ2) is 7.79. The van der Waals surface area contributed by atoms with E-state index in [0.29, 0.717) is 19.8 Å². The molecule has 1 aromatic carbocycles. The molecule has 17 heavy (non-hydrogen) atoms. The lowest BCUT2D eigenvalue weighted by Crippen LogP contribution is -2.28. The lowest BCUT2D eigenvalue weighted by molar-refractivity contribution is -0.118. The SMILES string of the molecule is CCOc1ccc(OCCNC(=O)CCl)cc1. The molecule has 0 saturated carbocycles. The molecule has 0 spiro atoms. The summed E-state index contributed by atoms with van der Waals surface area (Å²) in [5.41, 5.74) is 0. The molecule has 0 radical (unpaired) electrons. The Kier molecular flexibility index (Phi) is 6.25. The van der Waals surface area contributed by atoms with Gasteiger partial charge in [-0.2, -0.15) is 0 Å². The number of carbonyl (C=O) groups is 1. The molecular weight excluding hydrogens is 242 g/mol. The zero-order chi connectivity index (χ0) is 12.5. The van der Waals surface area contributed by atoms with E-state index >= 15 is 0 Å². The van der Waals surface area contributed by atoms with Gasteiger partial charge in [-0.1, -0.05) is 0 Å². The number of ether oxygens (including phenoxy) is 2. The highest BCUT2D eigenvalue weighted by Crippen LogP contribution is 2.17. The minimum absolute atomic E-state index is 0.0247. The van der Waals surface area contributed by atoms with Gasteiger partial charge in [0.1, 0.15) is 24.0 Å². The third kappa shape index (κ3) is 5.45. The first-order valence-electron chi connectivity index (χ1n) is 5.44. The van der Waals surface area contributed by atoms with Crippen LogP contribution < -0.4 is 14.8 Å². The largest absolute Gasteiger partial charge is 0.494 e. The third-order valence-corrected chi connectivity index (χ3v) is 2.19. The van der Waals surface area contributed by atoms with Crippen LogP contribution in [-0.4, -0.2) is 31.5 Å². The summed E-state index contributed by atoms with van der Waals surface area (Å²) in [6.45, 7) is 3.43. The van der Waals surface area contributed by atoms with Crippen LogP contribution in [0.25, 0.3) is 0 Å². The molecule has 1 amide bonds. The van der Waals surface area contributed by atoms with E-state index < -0.39 is 0 Å². The molecule has 0 aliphatic heterocycles. The lowest BCUT2D eigenvalue weighted by atomic mass is 10.3. The summed E-state index contributed by atoms with van der Waals surface area (Å²) >= 11 is 5.33. The molecule has 0 bridgehead atoms. The van der Waals surface area contributed by atoms with E-state index in [1.807, 2.05) is 31.2 Å². The van der Waals surface area contributed by atoms with E-state index in [0.717, 1.165) is 11.5 Å². The zero-order valence-electron chi connectivity index (χ0n) is 9.74. The monoisotopic (exact) mass is 257 g/mol. The van der Waals surface area contributed by atoms with Crippen LogP contribution in [0.5, 0.6) is 11.5 Å². The number of rotatable bonds is 7. The topological polar surface area (TPSA) is 47.6 Å². The third-order valence-electron chi connectivity index (χ3n) is 1.95. The fraction of sp³-hybridized carbons (Fsp3) is 0.417. The maximum absolute atomic E-state index is 10.8. The van der Waals surface area contributed by atoms with Gasteiger partial charge in [-0.3, -0.25) is 4.79 Å². The number of nitrogens with one attached hydrogen (secondary N) is 1. The van der Waals surface area contributed by atoms with Crippen LogP contribution >= 0.6 is 11.6 Å². The quantitative estimate of drug-likeness (QED) is 0.599. The van der Waals surface area contributed by atoms with Gasteiger partial charge in [-0.25, -0.2) is 0 Å². The van der Waals surface area contributed by atoms with Crippen molar-refractivity contribution in [3.05, 3.63) is 24.3 Å². The van der Waals surface area contributed by atoms with Crippen LogP contribution in [-0.2, 0) is 4.79 Å². The molecule has 0 unspecified atom stereocenters. The summed E-state index contributed by atoms with van der Waals surface area (Å²) < 4.78 is 10.7. The standard InChI is InChI=1S/C12H16ClNO3/c1-2-16-10-3-5-11(6-4-10)17-8-7-14-12(15)9-13/h3-6H,2,7-9H2,1H3,(H,14,15). The molecule has 0 aliphatic carbocycles. The number of hydrogen-bond donors (Lipinski definition) is 1. The van der Waals surface area contributed by atoms with Gasteiger partial charge in [0.25, 0.3) is 0 Å². The van der Waals surface area contributed by atoms with E-state index in [-0.39, 0.29) is 11.8 Å². The Bertz CT molecular complexity index is 340. The van der Waals surface area contributed by atoms with Gasteiger partial charge in [-0.05, 0) is 31.2 Å². The van der Waals surface area contributed by atoms with Gasteiger partial charge < -0.3 is 14.8 Å². The first-order chi connectivity index (χ1) is 8.26. The van der Waals surface area contributed by atoms with Gasteiger partial charge in [-0.15, -0.1) is 11.6 Å². The Labute approximate surface area is 106 Å². The molecular formula is C12H16ClNO3. The molecule has 5 heteroatoms. The van der Waals surface area contributed by atoms with Gasteiger partial charge in [0.2, 0.25) is 5.91 Å². The van der Waals surface area contributed by atoms with E-state index in [1.165, 1.54) is 0 Å². The first-order valence-corrected chi connectivity index (χ1v) is 5.98. The number of halogens is 1. The van der Waals surface area contributed by atoms with E-state index in [1.54, 1.807) is 0 Å². The second-order valence-corrected chi connectivity index (χ2v) is 3.50. The molecule has 94 valence electrons. The number of carbonyl (C=O) groups excluding carboxylic acids is 1. The van der Waals surface area contributed by atoms with Crippen molar-refractivity contribution in [3.63, 3.8) is 0 Å². The highest BCUT2D eigenvalue weighted by Gasteiger charge is 1.98. The lowest BCUT2D eigenvalue weighted by Gasteiger charge is -2.08. The van der Waals surface area contributed by atoms with E-state index in [4.69, 9.17) is 21.1 Å². The number of benzene rings is 1. The van der Waals surface area contributed by atoms with Gasteiger partial charge in [0.15, 0.2) is 0 Å². The van der Waals surface area contributed by atoms with Crippen molar-refractivity contribution in [2.75, 3.05) is 25.6 Å². The Morgan fingerprint density at radius 2 is 1.82 bits per heavy atom. The number of hydrogen-bond acceptors (Lipinski definition) is 3. The highest BCUT2D eigenvalue weighted by molar-refractivity contribution is 6.27. The molecule has 0 aromatic heterocycles. The molecule has 0 aliphatic rings. The Hall–Kier alpha value is -1.42. The first kappa shape index (κ1) is 13.6. The molecule has 1 aromatic rings. The van der Waals surface area contributed by atoms with Crippen molar-refractivity contribution in [1.82, 2.24) is 5.32 Å². The minimum atomic E-state index is -0.193. The summed E-state index contributed by atoms with van der Waals surface area (Å²) in [5, 5.41) is 2.61. The summed E-state index contributed by atoms with van der Waals surface area (Å²) in [6, 6.07) is 7.34. The zero-order valence-corrected chi connectivity index (χ0v) is 10.5. The molecule has 0 saturated heterocycles. The molecule has 0 fully saturated rings. The van der Waals surface area contributed by atoms with Crippen molar-refractivity contribution >= 4 is 17.5 Å². The van der Waals surface area contributed by atoms with Crippen LogP contribution in [0.2, 0.25) is 0 Å². The highest BCUT2D eigenvalue weighted by atomic mass is 35.5. The minimum Gasteiger partial charge on any atom is -0.494 e. The summed E-state index contributed by atoms with van der Waals surface area (Å²) in [5.74, 6) is 1.34. The average molecular weight is 258 g/mol. The molecule has 1 rings (SSSR count). The fourth-order valence-corrected chi connectivity index (χ4v) is 1.30. The van der Waals surface area contributed by atoms with Crippen LogP contribution in [0.15, 0.2) is 24.3 Å². The van der Waals surface area contributed by atoms with Crippen LogP contribution in [0.3, 0.4) is 0 Å². The van der Waals surface area contributed by atoms with Crippen molar-refractivity contribution < 1.29 is 14.3 Å². The smallest absolute Gasteiger partial charge is 0.235 e. The van der Waals surface area contributed by atoms with Crippen molar-refractivity contribution in [2.24, 2.45) is 0 Å². The van der Waals surface area contributed by atoms with Gasteiger partial charge in [0.05, 0.1) is 13.2 Å². The predicted octanol–water partition coefficient (Wildman–Crippen LogP) is 1.82. The van der Waals surface area contributed by atoms with Gasteiger partial charge in [0, 0.05) is 0 Å².